The molecule has 0 saturated carbocycles. The first-order valence-corrected chi connectivity index (χ1v) is 9.40. The van der Waals surface area contributed by atoms with E-state index < -0.39 is 10.0 Å². The molecule has 2 aliphatic heterocycles. The van der Waals surface area contributed by atoms with Crippen molar-refractivity contribution in [3.05, 3.63) is 59.8 Å². The number of benzene rings is 2. The van der Waals surface area contributed by atoms with Crippen molar-refractivity contribution in [2.45, 2.75) is 17.9 Å². The number of ether oxygens (including phenoxy) is 1. The minimum Gasteiger partial charge on any atom is -0.488 e. The van der Waals surface area contributed by atoms with Crippen LogP contribution >= 0.6 is 0 Å². The Morgan fingerprint density at radius 1 is 1.08 bits per heavy atom. The van der Waals surface area contributed by atoms with Crippen LogP contribution in [0.1, 0.15) is 11.1 Å². The molecular weight excluding hydrogens is 340 g/mol. The van der Waals surface area contributed by atoms with Crippen molar-refractivity contribution >= 4 is 15.7 Å². The first-order valence-electron chi connectivity index (χ1n) is 7.96. The van der Waals surface area contributed by atoms with Crippen LogP contribution in [0.4, 0.5) is 5.69 Å². The van der Waals surface area contributed by atoms with Crippen LogP contribution < -0.4 is 9.04 Å². The van der Waals surface area contributed by atoms with Gasteiger partial charge in [-0.3, -0.25) is 4.31 Å². The number of para-hydroxylation sites is 1. The van der Waals surface area contributed by atoms with E-state index in [1.165, 1.54) is 4.31 Å². The molecule has 0 radical (unpaired) electrons. The Labute approximate surface area is 144 Å². The van der Waals surface area contributed by atoms with Gasteiger partial charge in [-0.1, -0.05) is 23.4 Å². The van der Waals surface area contributed by atoms with E-state index in [2.05, 4.69) is 5.16 Å². The van der Waals surface area contributed by atoms with Gasteiger partial charge >= 0.3 is 0 Å². The topological polar surface area (TPSA) is 72.6 Å². The van der Waals surface area contributed by atoms with Gasteiger partial charge in [0.2, 0.25) is 0 Å². The third-order valence-electron chi connectivity index (χ3n) is 4.66. The summed E-state index contributed by atoms with van der Waals surface area (Å²) in [4.78, 5) is 0.218. The van der Waals surface area contributed by atoms with Crippen molar-refractivity contribution in [1.29, 1.82) is 0 Å². The van der Waals surface area contributed by atoms with Crippen LogP contribution in [0.3, 0.4) is 0 Å². The van der Waals surface area contributed by atoms with E-state index in [-0.39, 0.29) is 4.90 Å². The molecule has 0 bridgehead atoms. The number of nitrogens with zero attached hydrogens (tertiary/aromatic N) is 2. The lowest BCUT2D eigenvalue weighted by Gasteiger charge is -2.21. The van der Waals surface area contributed by atoms with Gasteiger partial charge in [-0.15, -0.1) is 0 Å². The molecule has 0 atom stereocenters. The van der Waals surface area contributed by atoms with E-state index in [1.54, 1.807) is 24.4 Å². The zero-order valence-electron chi connectivity index (χ0n) is 13.2. The average Bonchev–Trinajstić information content (AvgIpc) is 3.28. The van der Waals surface area contributed by atoms with Gasteiger partial charge in [0.15, 0.2) is 5.76 Å². The Morgan fingerprint density at radius 3 is 2.88 bits per heavy atom. The summed E-state index contributed by atoms with van der Waals surface area (Å²) >= 11 is 0. The SMILES string of the molecule is O=S(=O)(c1ccc2c(c1)-c1oncc1CO2)N1CCc2ccccc21. The largest absolute Gasteiger partial charge is 0.488 e. The van der Waals surface area contributed by atoms with Crippen LogP contribution in [0.25, 0.3) is 11.3 Å². The van der Waals surface area contributed by atoms with Crippen LogP contribution in [0, 0.1) is 0 Å². The molecule has 0 fully saturated rings. The highest BCUT2D eigenvalue weighted by Gasteiger charge is 2.32. The van der Waals surface area contributed by atoms with Crippen molar-refractivity contribution in [3.8, 4) is 17.1 Å². The first-order chi connectivity index (χ1) is 12.1. The van der Waals surface area contributed by atoms with Gasteiger partial charge in [0.25, 0.3) is 10.0 Å². The maximum absolute atomic E-state index is 13.2. The molecule has 126 valence electrons. The highest BCUT2D eigenvalue weighted by atomic mass is 32.2. The van der Waals surface area contributed by atoms with E-state index in [0.717, 1.165) is 23.2 Å². The Balaban J connectivity index is 1.62. The number of sulfonamides is 1. The molecule has 3 aromatic rings. The fourth-order valence-corrected chi connectivity index (χ4v) is 4.93. The van der Waals surface area contributed by atoms with E-state index in [9.17, 15) is 8.42 Å². The minimum atomic E-state index is -3.66. The second kappa shape index (κ2) is 5.10. The average molecular weight is 354 g/mol. The van der Waals surface area contributed by atoms with Crippen molar-refractivity contribution in [1.82, 2.24) is 5.16 Å². The summed E-state index contributed by atoms with van der Waals surface area (Å²) in [5, 5.41) is 3.79. The number of hydrogen-bond donors (Lipinski definition) is 0. The summed E-state index contributed by atoms with van der Waals surface area (Å²) in [5.41, 5.74) is 3.22. The smallest absolute Gasteiger partial charge is 0.264 e. The van der Waals surface area contributed by atoms with Crippen LogP contribution in [0.5, 0.6) is 5.75 Å². The van der Waals surface area contributed by atoms with Crippen LogP contribution in [0.2, 0.25) is 0 Å². The Morgan fingerprint density at radius 2 is 1.96 bits per heavy atom. The maximum atomic E-state index is 13.2. The van der Waals surface area contributed by atoms with Gasteiger partial charge in [0, 0.05) is 6.54 Å². The molecule has 2 aromatic carbocycles. The fourth-order valence-electron chi connectivity index (χ4n) is 3.40. The molecule has 3 heterocycles. The lowest BCUT2D eigenvalue weighted by molar-refractivity contribution is 0.297. The first kappa shape index (κ1) is 14.5. The molecule has 6 nitrogen and oxygen atoms in total. The summed E-state index contributed by atoms with van der Waals surface area (Å²) in [5.74, 6) is 1.17. The predicted octanol–water partition coefficient (Wildman–Crippen LogP) is 2.99. The molecule has 0 unspecified atom stereocenters. The highest BCUT2D eigenvalue weighted by Crippen LogP contribution is 2.40. The third-order valence-corrected chi connectivity index (χ3v) is 6.46. The van der Waals surface area contributed by atoms with Crippen LogP contribution in [-0.4, -0.2) is 20.1 Å². The number of hydrogen-bond acceptors (Lipinski definition) is 5. The Bertz CT molecular complexity index is 1090. The van der Waals surface area contributed by atoms with Gasteiger partial charge in [-0.25, -0.2) is 8.42 Å². The zero-order chi connectivity index (χ0) is 17.0. The minimum absolute atomic E-state index is 0.218. The molecule has 2 aliphatic rings. The lowest BCUT2D eigenvalue weighted by atomic mass is 10.1. The zero-order valence-corrected chi connectivity index (χ0v) is 14.0. The second-order valence-corrected chi connectivity index (χ2v) is 7.94. The number of anilines is 1. The van der Waals surface area contributed by atoms with E-state index in [0.29, 0.717) is 30.2 Å². The highest BCUT2D eigenvalue weighted by molar-refractivity contribution is 7.92. The van der Waals surface area contributed by atoms with Gasteiger partial charge in [0.1, 0.15) is 12.4 Å². The predicted molar refractivity (Wildman–Crippen MR) is 90.9 cm³/mol. The molecule has 1 aromatic heterocycles. The molecular formula is C18H14N2O4S. The quantitative estimate of drug-likeness (QED) is 0.707. The standard InChI is InChI=1S/C18H14N2O4S/c21-25(22,20-8-7-12-3-1-2-4-16(12)20)14-5-6-17-15(9-14)18-13(11-23-17)10-19-24-18/h1-6,9-10H,7-8,11H2. The third kappa shape index (κ3) is 2.09. The molecule has 25 heavy (non-hydrogen) atoms. The van der Waals surface area contributed by atoms with Crippen molar-refractivity contribution < 1.29 is 17.7 Å². The molecule has 7 heteroatoms. The molecule has 0 aliphatic carbocycles. The summed E-state index contributed by atoms with van der Waals surface area (Å²) in [6.07, 6.45) is 2.31. The summed E-state index contributed by atoms with van der Waals surface area (Å²) in [7, 11) is -3.66. The monoisotopic (exact) mass is 354 g/mol. The van der Waals surface area contributed by atoms with Crippen LogP contribution in [0.15, 0.2) is 58.1 Å². The van der Waals surface area contributed by atoms with Gasteiger partial charge in [-0.05, 0) is 36.2 Å². The van der Waals surface area contributed by atoms with E-state index in [1.807, 2.05) is 24.3 Å². The van der Waals surface area contributed by atoms with E-state index in [4.69, 9.17) is 9.26 Å². The molecule has 0 N–H and O–H groups in total. The van der Waals surface area contributed by atoms with Crippen LogP contribution in [-0.2, 0) is 23.1 Å². The summed E-state index contributed by atoms with van der Waals surface area (Å²) < 4.78 is 38.8. The van der Waals surface area contributed by atoms with Gasteiger partial charge in [0.05, 0.1) is 27.9 Å². The number of rotatable bonds is 2. The van der Waals surface area contributed by atoms with Gasteiger partial charge in [-0.2, -0.15) is 0 Å². The number of fused-ring (bicyclic) bond motifs is 4. The lowest BCUT2D eigenvalue weighted by Crippen LogP contribution is -2.29. The van der Waals surface area contributed by atoms with Gasteiger partial charge < -0.3 is 9.26 Å². The fraction of sp³-hybridized carbons (Fsp3) is 0.167. The summed E-state index contributed by atoms with van der Waals surface area (Å²) in [6.45, 7) is 0.820. The molecule has 0 saturated heterocycles. The van der Waals surface area contributed by atoms with Crippen molar-refractivity contribution in [2.24, 2.45) is 0 Å². The normalized spacial score (nSPS) is 15.3. The maximum Gasteiger partial charge on any atom is 0.264 e. The van der Waals surface area contributed by atoms with E-state index >= 15 is 0 Å². The second-order valence-electron chi connectivity index (χ2n) is 6.08. The molecule has 0 amide bonds. The number of aromatic nitrogens is 1. The van der Waals surface area contributed by atoms with Crippen molar-refractivity contribution in [3.63, 3.8) is 0 Å². The molecule has 5 rings (SSSR count). The Kier molecular flexibility index (Phi) is 2.96. The summed E-state index contributed by atoms with van der Waals surface area (Å²) in [6, 6.07) is 12.5. The Hall–Kier alpha value is -2.80. The molecule has 0 spiro atoms. The van der Waals surface area contributed by atoms with Crippen molar-refractivity contribution in [2.75, 3.05) is 10.8 Å².